The lowest BCUT2D eigenvalue weighted by Gasteiger charge is -2.26. The fourth-order valence-electron chi connectivity index (χ4n) is 2.21. The summed E-state index contributed by atoms with van der Waals surface area (Å²) in [6.45, 7) is 5.76. The standard InChI is InChI=1S/C13H16N3O/c1-2-4-13-12(3-1)11-14-16(13)6-5-15-7-9-17-10-8-15/h2-4,11H,5-10H2. The van der Waals surface area contributed by atoms with Crippen LogP contribution in [0.4, 0.5) is 0 Å². The second-order valence-electron chi connectivity index (χ2n) is 4.31. The molecule has 0 aliphatic carbocycles. The van der Waals surface area contributed by atoms with Gasteiger partial charge in [-0.3, -0.25) is 9.58 Å². The van der Waals surface area contributed by atoms with E-state index in [0.29, 0.717) is 0 Å². The van der Waals surface area contributed by atoms with Crippen LogP contribution in [0.5, 0.6) is 0 Å². The number of benzene rings is 1. The molecule has 0 saturated carbocycles. The van der Waals surface area contributed by atoms with Crippen molar-refractivity contribution >= 4 is 10.9 Å². The van der Waals surface area contributed by atoms with E-state index in [9.17, 15) is 0 Å². The first kappa shape index (κ1) is 10.7. The molecule has 1 aromatic heterocycles. The minimum Gasteiger partial charge on any atom is -0.379 e. The van der Waals surface area contributed by atoms with Gasteiger partial charge >= 0.3 is 0 Å². The molecule has 0 N–H and O–H groups in total. The number of hydrogen-bond acceptors (Lipinski definition) is 3. The first-order valence-electron chi connectivity index (χ1n) is 6.05. The third-order valence-electron chi connectivity index (χ3n) is 3.22. The summed E-state index contributed by atoms with van der Waals surface area (Å²) < 4.78 is 7.41. The van der Waals surface area contributed by atoms with Crippen molar-refractivity contribution in [1.82, 2.24) is 14.7 Å². The minimum absolute atomic E-state index is 0.856. The Hall–Kier alpha value is -1.39. The van der Waals surface area contributed by atoms with Crippen molar-refractivity contribution < 1.29 is 4.74 Å². The quantitative estimate of drug-likeness (QED) is 0.793. The number of morpholine rings is 1. The van der Waals surface area contributed by atoms with Crippen LogP contribution in [0.3, 0.4) is 0 Å². The highest BCUT2D eigenvalue weighted by Crippen LogP contribution is 2.12. The highest BCUT2D eigenvalue weighted by atomic mass is 16.5. The molecule has 1 radical (unpaired) electrons. The highest BCUT2D eigenvalue weighted by Gasteiger charge is 2.10. The number of nitrogens with zero attached hydrogens (tertiary/aromatic N) is 3. The van der Waals surface area contributed by atoms with Gasteiger partial charge in [0, 0.05) is 25.0 Å². The predicted octanol–water partition coefficient (Wildman–Crippen LogP) is 1.17. The van der Waals surface area contributed by atoms with Gasteiger partial charge in [-0.1, -0.05) is 6.07 Å². The molecule has 1 aromatic carbocycles. The molecule has 0 unspecified atom stereocenters. The summed E-state index contributed by atoms with van der Waals surface area (Å²) in [5, 5.41) is 5.58. The monoisotopic (exact) mass is 230 g/mol. The topological polar surface area (TPSA) is 30.3 Å². The average Bonchev–Trinajstić information content (AvgIpc) is 2.81. The van der Waals surface area contributed by atoms with E-state index in [1.165, 1.54) is 5.52 Å². The van der Waals surface area contributed by atoms with Gasteiger partial charge in [-0.2, -0.15) is 5.10 Å². The molecule has 1 aliphatic heterocycles. The summed E-state index contributed by atoms with van der Waals surface area (Å²) in [6.07, 6.45) is 1.91. The van der Waals surface area contributed by atoms with Gasteiger partial charge < -0.3 is 4.74 Å². The van der Waals surface area contributed by atoms with E-state index >= 15 is 0 Å². The SMILES string of the molecule is [c]1ccc2c(c1)cnn2CCN1CCOCC1. The van der Waals surface area contributed by atoms with Gasteiger partial charge in [0.15, 0.2) is 0 Å². The van der Waals surface area contributed by atoms with E-state index in [-0.39, 0.29) is 0 Å². The van der Waals surface area contributed by atoms with Crippen molar-refractivity contribution in [3.63, 3.8) is 0 Å². The van der Waals surface area contributed by atoms with Crippen molar-refractivity contribution in [2.24, 2.45) is 0 Å². The molecule has 4 nitrogen and oxygen atoms in total. The lowest BCUT2D eigenvalue weighted by atomic mass is 10.2. The number of rotatable bonds is 3. The lowest BCUT2D eigenvalue weighted by Crippen LogP contribution is -2.38. The van der Waals surface area contributed by atoms with Crippen LogP contribution in [0, 0.1) is 6.07 Å². The molecule has 89 valence electrons. The van der Waals surface area contributed by atoms with Crippen molar-refractivity contribution in [3.05, 3.63) is 30.5 Å². The number of ether oxygens (including phenoxy) is 1. The summed E-state index contributed by atoms with van der Waals surface area (Å²) in [6, 6.07) is 9.06. The maximum atomic E-state index is 5.34. The fraction of sp³-hybridized carbons (Fsp3) is 0.462. The predicted molar refractivity (Wildman–Crippen MR) is 65.8 cm³/mol. The van der Waals surface area contributed by atoms with Crippen LogP contribution >= 0.6 is 0 Å². The number of fused-ring (bicyclic) bond motifs is 1. The normalized spacial score (nSPS) is 17.6. The second-order valence-corrected chi connectivity index (χ2v) is 4.31. The van der Waals surface area contributed by atoms with E-state index in [2.05, 4.69) is 26.8 Å². The van der Waals surface area contributed by atoms with Crippen LogP contribution in [0.15, 0.2) is 24.4 Å². The summed E-state index contributed by atoms with van der Waals surface area (Å²) in [5.74, 6) is 0. The maximum Gasteiger partial charge on any atom is 0.0683 e. The van der Waals surface area contributed by atoms with Crippen molar-refractivity contribution in [1.29, 1.82) is 0 Å². The lowest BCUT2D eigenvalue weighted by molar-refractivity contribution is 0.0361. The van der Waals surface area contributed by atoms with Gasteiger partial charge in [-0.25, -0.2) is 0 Å². The van der Waals surface area contributed by atoms with E-state index in [4.69, 9.17) is 4.74 Å². The van der Waals surface area contributed by atoms with E-state index < -0.39 is 0 Å². The first-order chi connectivity index (χ1) is 8.43. The Morgan fingerprint density at radius 2 is 2.18 bits per heavy atom. The Labute approximate surface area is 101 Å². The molecule has 17 heavy (non-hydrogen) atoms. The van der Waals surface area contributed by atoms with Crippen molar-refractivity contribution in [2.45, 2.75) is 6.54 Å². The Morgan fingerprint density at radius 1 is 1.29 bits per heavy atom. The van der Waals surface area contributed by atoms with Crippen molar-refractivity contribution in [2.75, 3.05) is 32.8 Å². The Kier molecular flexibility index (Phi) is 3.07. The van der Waals surface area contributed by atoms with Crippen LogP contribution in [0.2, 0.25) is 0 Å². The smallest absolute Gasteiger partial charge is 0.0683 e. The van der Waals surface area contributed by atoms with Crippen LogP contribution in [0.25, 0.3) is 10.9 Å². The van der Waals surface area contributed by atoms with Crippen LogP contribution < -0.4 is 0 Å². The van der Waals surface area contributed by atoms with Crippen LogP contribution in [-0.4, -0.2) is 47.5 Å². The summed E-state index contributed by atoms with van der Waals surface area (Å²) in [5.41, 5.74) is 1.19. The third-order valence-corrected chi connectivity index (χ3v) is 3.22. The fourth-order valence-corrected chi connectivity index (χ4v) is 2.21. The molecule has 0 amide bonds. The first-order valence-corrected chi connectivity index (χ1v) is 6.05. The highest BCUT2D eigenvalue weighted by molar-refractivity contribution is 5.78. The molecule has 1 fully saturated rings. The summed E-state index contributed by atoms with van der Waals surface area (Å²) >= 11 is 0. The van der Waals surface area contributed by atoms with Gasteiger partial charge in [0.05, 0.1) is 31.5 Å². The Balaban J connectivity index is 1.68. The molecular weight excluding hydrogens is 214 g/mol. The molecule has 1 saturated heterocycles. The zero-order chi connectivity index (χ0) is 11.5. The van der Waals surface area contributed by atoms with Crippen LogP contribution in [0.1, 0.15) is 0 Å². The molecule has 4 heteroatoms. The van der Waals surface area contributed by atoms with E-state index in [1.807, 2.05) is 18.3 Å². The zero-order valence-corrected chi connectivity index (χ0v) is 9.80. The molecule has 2 aromatic rings. The average molecular weight is 230 g/mol. The number of aromatic nitrogens is 2. The molecule has 0 spiro atoms. The second kappa shape index (κ2) is 4.85. The largest absolute Gasteiger partial charge is 0.379 e. The minimum atomic E-state index is 0.856. The maximum absolute atomic E-state index is 5.34. The van der Waals surface area contributed by atoms with E-state index in [1.54, 1.807) is 0 Å². The van der Waals surface area contributed by atoms with Gasteiger partial charge in [-0.15, -0.1) is 0 Å². The zero-order valence-electron chi connectivity index (χ0n) is 9.80. The Bertz CT molecular complexity index is 488. The molecule has 1 aliphatic rings. The molecule has 2 heterocycles. The molecule has 0 atom stereocenters. The Morgan fingerprint density at radius 3 is 3.06 bits per heavy atom. The molecule has 0 bridgehead atoms. The summed E-state index contributed by atoms with van der Waals surface area (Å²) in [7, 11) is 0. The van der Waals surface area contributed by atoms with Crippen molar-refractivity contribution in [3.8, 4) is 0 Å². The molecular formula is C13H16N3O. The van der Waals surface area contributed by atoms with Gasteiger partial charge in [0.1, 0.15) is 0 Å². The van der Waals surface area contributed by atoms with Gasteiger partial charge in [-0.05, 0) is 18.2 Å². The third kappa shape index (κ3) is 2.33. The van der Waals surface area contributed by atoms with Gasteiger partial charge in [0.2, 0.25) is 0 Å². The molecule has 3 rings (SSSR count). The number of hydrogen-bond donors (Lipinski definition) is 0. The summed E-state index contributed by atoms with van der Waals surface area (Å²) in [4.78, 5) is 2.42. The van der Waals surface area contributed by atoms with Crippen LogP contribution in [-0.2, 0) is 11.3 Å². The van der Waals surface area contributed by atoms with Gasteiger partial charge in [0.25, 0.3) is 0 Å². The van der Waals surface area contributed by atoms with E-state index in [0.717, 1.165) is 44.8 Å².